The standard InChI is InChI=1S/C16H14N4O3/c1-23-14-7-6-10(8-13(14)21)9-17-20-16-18-12-5-3-2-4-11(12)15(22)19-16/h2-9,21H,1H3,(H2,18,19,20,22)/b17-9+. The molecule has 0 saturated carbocycles. The molecule has 0 saturated heterocycles. The van der Waals surface area contributed by atoms with Crippen LogP contribution in [0.25, 0.3) is 10.9 Å². The first kappa shape index (κ1) is 14.6. The fraction of sp³-hybridized carbons (Fsp3) is 0.0625. The number of methoxy groups -OCH3 is 1. The van der Waals surface area contributed by atoms with Crippen LogP contribution in [0.2, 0.25) is 0 Å². The van der Waals surface area contributed by atoms with Gasteiger partial charge in [-0.05, 0) is 35.9 Å². The molecular weight excluding hydrogens is 296 g/mol. The summed E-state index contributed by atoms with van der Waals surface area (Å²) in [5.41, 5.74) is 3.67. The number of hydrogen-bond donors (Lipinski definition) is 3. The molecule has 0 aliphatic rings. The maximum atomic E-state index is 11.9. The van der Waals surface area contributed by atoms with E-state index in [0.29, 0.717) is 22.2 Å². The maximum absolute atomic E-state index is 11.9. The molecule has 116 valence electrons. The molecule has 1 heterocycles. The predicted octanol–water partition coefficient (Wildman–Crippen LogP) is 2.08. The quantitative estimate of drug-likeness (QED) is 0.506. The van der Waals surface area contributed by atoms with Crippen molar-refractivity contribution in [2.45, 2.75) is 0 Å². The van der Waals surface area contributed by atoms with Crippen molar-refractivity contribution >= 4 is 23.1 Å². The zero-order valence-corrected chi connectivity index (χ0v) is 12.3. The Morgan fingerprint density at radius 3 is 2.91 bits per heavy atom. The summed E-state index contributed by atoms with van der Waals surface area (Å²) in [5, 5.41) is 14.2. The molecule has 0 atom stereocenters. The van der Waals surface area contributed by atoms with Crippen LogP contribution < -0.4 is 15.7 Å². The lowest BCUT2D eigenvalue weighted by Crippen LogP contribution is -2.10. The number of anilines is 1. The molecule has 0 aliphatic heterocycles. The summed E-state index contributed by atoms with van der Waals surface area (Å²) in [7, 11) is 1.48. The van der Waals surface area contributed by atoms with E-state index >= 15 is 0 Å². The van der Waals surface area contributed by atoms with Gasteiger partial charge in [-0.1, -0.05) is 12.1 Å². The first-order valence-electron chi connectivity index (χ1n) is 6.82. The van der Waals surface area contributed by atoms with Crippen LogP contribution in [0.4, 0.5) is 5.95 Å². The third-order valence-corrected chi connectivity index (χ3v) is 3.20. The van der Waals surface area contributed by atoms with Gasteiger partial charge in [0.15, 0.2) is 11.5 Å². The topological polar surface area (TPSA) is 99.6 Å². The number of aromatic hydroxyl groups is 1. The van der Waals surface area contributed by atoms with Gasteiger partial charge in [0, 0.05) is 0 Å². The number of nitrogens with one attached hydrogen (secondary N) is 2. The number of rotatable bonds is 4. The molecular formula is C16H14N4O3. The lowest BCUT2D eigenvalue weighted by atomic mass is 10.2. The molecule has 23 heavy (non-hydrogen) atoms. The number of phenolic OH excluding ortho intramolecular Hbond substituents is 1. The normalized spacial score (nSPS) is 11.0. The molecule has 3 N–H and O–H groups in total. The number of aromatic nitrogens is 2. The van der Waals surface area contributed by atoms with E-state index in [1.807, 2.05) is 6.07 Å². The highest BCUT2D eigenvalue weighted by Crippen LogP contribution is 2.25. The molecule has 1 aromatic heterocycles. The van der Waals surface area contributed by atoms with Crippen molar-refractivity contribution in [3.05, 3.63) is 58.4 Å². The monoisotopic (exact) mass is 310 g/mol. The van der Waals surface area contributed by atoms with E-state index < -0.39 is 0 Å². The molecule has 7 heteroatoms. The molecule has 0 fully saturated rings. The summed E-state index contributed by atoms with van der Waals surface area (Å²) in [4.78, 5) is 18.8. The first-order valence-corrected chi connectivity index (χ1v) is 6.82. The van der Waals surface area contributed by atoms with Crippen LogP contribution in [-0.2, 0) is 0 Å². The molecule has 7 nitrogen and oxygen atoms in total. The third-order valence-electron chi connectivity index (χ3n) is 3.20. The Morgan fingerprint density at radius 1 is 1.30 bits per heavy atom. The van der Waals surface area contributed by atoms with Crippen molar-refractivity contribution in [2.75, 3.05) is 12.5 Å². The van der Waals surface area contributed by atoms with Crippen molar-refractivity contribution in [2.24, 2.45) is 5.10 Å². The van der Waals surface area contributed by atoms with Crippen molar-refractivity contribution in [1.82, 2.24) is 9.97 Å². The van der Waals surface area contributed by atoms with E-state index in [4.69, 9.17) is 4.74 Å². The van der Waals surface area contributed by atoms with Gasteiger partial charge in [0.2, 0.25) is 5.95 Å². The highest BCUT2D eigenvalue weighted by molar-refractivity contribution is 5.81. The second-order valence-corrected chi connectivity index (χ2v) is 4.73. The summed E-state index contributed by atoms with van der Waals surface area (Å²) in [6, 6.07) is 11.9. The Balaban J connectivity index is 1.80. The van der Waals surface area contributed by atoms with Crippen molar-refractivity contribution < 1.29 is 9.84 Å². The predicted molar refractivity (Wildman–Crippen MR) is 88.2 cm³/mol. The molecule has 3 rings (SSSR count). The number of ether oxygens (including phenoxy) is 1. The number of H-pyrrole nitrogens is 1. The van der Waals surface area contributed by atoms with Gasteiger partial charge in [-0.3, -0.25) is 9.78 Å². The minimum absolute atomic E-state index is 0.0219. The van der Waals surface area contributed by atoms with Gasteiger partial charge in [0.25, 0.3) is 5.56 Å². The van der Waals surface area contributed by atoms with E-state index in [0.717, 1.165) is 0 Å². The second kappa shape index (κ2) is 6.18. The van der Waals surface area contributed by atoms with E-state index in [2.05, 4.69) is 20.5 Å². The number of aromatic amines is 1. The van der Waals surface area contributed by atoms with Crippen molar-refractivity contribution in [3.8, 4) is 11.5 Å². The fourth-order valence-electron chi connectivity index (χ4n) is 2.09. The SMILES string of the molecule is COc1ccc(/C=N/Nc2nc3ccccc3c(=O)[nH]2)cc1O. The Hall–Kier alpha value is -3.35. The number of phenols is 1. The summed E-state index contributed by atoms with van der Waals surface area (Å²) in [6.45, 7) is 0. The van der Waals surface area contributed by atoms with Crippen LogP contribution in [-0.4, -0.2) is 28.4 Å². The van der Waals surface area contributed by atoms with Crippen LogP contribution in [0.1, 0.15) is 5.56 Å². The second-order valence-electron chi connectivity index (χ2n) is 4.73. The molecule has 0 amide bonds. The third kappa shape index (κ3) is 3.13. The van der Waals surface area contributed by atoms with Gasteiger partial charge < -0.3 is 9.84 Å². The largest absolute Gasteiger partial charge is 0.504 e. The zero-order valence-electron chi connectivity index (χ0n) is 12.3. The molecule has 0 spiro atoms. The van der Waals surface area contributed by atoms with E-state index in [1.165, 1.54) is 19.4 Å². The van der Waals surface area contributed by atoms with Gasteiger partial charge >= 0.3 is 0 Å². The van der Waals surface area contributed by atoms with Gasteiger partial charge in [-0.2, -0.15) is 5.10 Å². The number of fused-ring (bicyclic) bond motifs is 1. The number of hydrogen-bond acceptors (Lipinski definition) is 6. The van der Waals surface area contributed by atoms with E-state index in [9.17, 15) is 9.90 Å². The van der Waals surface area contributed by atoms with Gasteiger partial charge in [-0.15, -0.1) is 0 Å². The van der Waals surface area contributed by atoms with Gasteiger partial charge in [-0.25, -0.2) is 10.4 Å². The van der Waals surface area contributed by atoms with Crippen LogP contribution in [0, 0.1) is 0 Å². The fourth-order valence-corrected chi connectivity index (χ4v) is 2.09. The molecule has 3 aromatic rings. The van der Waals surface area contributed by atoms with E-state index in [1.54, 1.807) is 30.3 Å². The smallest absolute Gasteiger partial charge is 0.260 e. The van der Waals surface area contributed by atoms with Crippen LogP contribution in [0.15, 0.2) is 52.4 Å². The molecule has 0 radical (unpaired) electrons. The van der Waals surface area contributed by atoms with Crippen LogP contribution in [0.5, 0.6) is 11.5 Å². The molecule has 0 aliphatic carbocycles. The maximum Gasteiger partial charge on any atom is 0.260 e. The molecule has 0 bridgehead atoms. The minimum Gasteiger partial charge on any atom is -0.504 e. The Morgan fingerprint density at radius 2 is 2.13 bits per heavy atom. The number of nitrogens with zero attached hydrogens (tertiary/aromatic N) is 2. The number of benzene rings is 2. The average Bonchev–Trinajstić information content (AvgIpc) is 2.55. The van der Waals surface area contributed by atoms with Gasteiger partial charge in [0.05, 0.1) is 24.2 Å². The lowest BCUT2D eigenvalue weighted by molar-refractivity contribution is 0.373. The summed E-state index contributed by atoms with van der Waals surface area (Å²) < 4.78 is 4.97. The number of para-hydroxylation sites is 1. The van der Waals surface area contributed by atoms with Crippen LogP contribution in [0.3, 0.4) is 0 Å². The zero-order chi connectivity index (χ0) is 16.2. The van der Waals surface area contributed by atoms with Crippen molar-refractivity contribution in [3.63, 3.8) is 0 Å². The van der Waals surface area contributed by atoms with Gasteiger partial charge in [0.1, 0.15) is 0 Å². The lowest BCUT2D eigenvalue weighted by Gasteiger charge is -2.03. The van der Waals surface area contributed by atoms with Crippen LogP contribution >= 0.6 is 0 Å². The summed E-state index contributed by atoms with van der Waals surface area (Å²) in [5.74, 6) is 0.645. The Kier molecular flexibility index (Phi) is 3.92. The average molecular weight is 310 g/mol. The van der Waals surface area contributed by atoms with E-state index in [-0.39, 0.29) is 17.3 Å². The molecule has 0 unspecified atom stereocenters. The Labute approximate surface area is 131 Å². The Bertz CT molecular complexity index is 934. The summed E-state index contributed by atoms with van der Waals surface area (Å²) in [6.07, 6.45) is 1.49. The summed E-state index contributed by atoms with van der Waals surface area (Å²) >= 11 is 0. The minimum atomic E-state index is -0.240. The number of hydrazone groups is 1. The highest BCUT2D eigenvalue weighted by Gasteiger charge is 2.02. The van der Waals surface area contributed by atoms with Crippen molar-refractivity contribution in [1.29, 1.82) is 0 Å². The highest BCUT2D eigenvalue weighted by atomic mass is 16.5. The molecule has 2 aromatic carbocycles. The first-order chi connectivity index (χ1) is 11.2.